The molecule has 0 aliphatic heterocycles. The Bertz CT molecular complexity index is 1660. The molecule has 2 atom stereocenters. The van der Waals surface area contributed by atoms with E-state index in [-0.39, 0.29) is 59.6 Å². The van der Waals surface area contributed by atoms with Gasteiger partial charge in [0.1, 0.15) is 12.2 Å². The molecule has 16 heteroatoms. The second-order valence-corrected chi connectivity index (χ2v) is 34.7. The summed E-state index contributed by atoms with van der Waals surface area (Å²) in [7, 11) is -1.33. The molecule has 0 heterocycles. The predicted molar refractivity (Wildman–Crippen MR) is 293 cm³/mol. The Balaban J connectivity index is 1.70. The molecular formula is C52H92N6O6S2Si2. The average molecular weight is 1020 g/mol. The number of carbonyl (C=O) groups is 4. The highest BCUT2D eigenvalue weighted by atomic mass is 33.1. The van der Waals surface area contributed by atoms with Crippen LogP contribution < -0.4 is 31.9 Å². The molecule has 0 saturated heterocycles. The van der Waals surface area contributed by atoms with Gasteiger partial charge in [-0.2, -0.15) is 0 Å². The molecule has 0 bridgehead atoms. The van der Waals surface area contributed by atoms with Crippen molar-refractivity contribution in [1.82, 2.24) is 31.9 Å². The summed E-state index contributed by atoms with van der Waals surface area (Å²) in [6, 6.07) is 20.9. The van der Waals surface area contributed by atoms with Gasteiger partial charge in [0.15, 0.2) is 16.6 Å². The molecular weight excluding hydrogens is 925 g/mol. The number of amides is 4. The first kappa shape index (κ1) is 61.4. The van der Waals surface area contributed by atoms with Gasteiger partial charge >= 0.3 is 0 Å². The molecule has 0 aromatic heterocycles. The number of carbonyl (C=O) groups excluding carboxylic acids is 4. The number of hydrogen-bond acceptors (Lipinski definition) is 10. The third-order valence-electron chi connectivity index (χ3n) is 13.2. The Kier molecular flexibility index (Phi) is 26.7. The molecule has 386 valence electrons. The van der Waals surface area contributed by atoms with Crippen molar-refractivity contribution in [2.45, 2.75) is 156 Å². The van der Waals surface area contributed by atoms with Gasteiger partial charge < -0.3 is 40.8 Å². The van der Waals surface area contributed by atoms with Gasteiger partial charge in [-0.25, -0.2) is 0 Å². The van der Waals surface area contributed by atoms with Gasteiger partial charge in [-0.15, -0.1) is 0 Å². The van der Waals surface area contributed by atoms with Crippen molar-refractivity contribution in [1.29, 1.82) is 0 Å². The predicted octanol–water partition coefficient (Wildman–Crippen LogP) is 8.89. The fourth-order valence-corrected chi connectivity index (χ4v) is 11.3. The lowest BCUT2D eigenvalue weighted by atomic mass is 9.85. The van der Waals surface area contributed by atoms with Crippen molar-refractivity contribution in [2.75, 3.05) is 63.9 Å². The summed E-state index contributed by atoms with van der Waals surface area (Å²) in [4.78, 5) is 52.8. The molecule has 0 spiro atoms. The summed E-state index contributed by atoms with van der Waals surface area (Å²) < 4.78 is 13.5. The first-order valence-electron chi connectivity index (χ1n) is 24.9. The van der Waals surface area contributed by atoms with Crippen LogP contribution in [0.5, 0.6) is 0 Å². The van der Waals surface area contributed by atoms with Crippen molar-refractivity contribution in [3.63, 3.8) is 0 Å². The second-order valence-electron chi connectivity index (χ2n) is 22.5. The maximum Gasteiger partial charge on any atom is 0.248 e. The highest BCUT2D eigenvalue weighted by Crippen LogP contribution is 2.41. The molecule has 4 amide bonds. The van der Waals surface area contributed by atoms with Crippen molar-refractivity contribution in [3.8, 4) is 0 Å². The van der Waals surface area contributed by atoms with Crippen molar-refractivity contribution in [3.05, 3.63) is 71.8 Å². The maximum atomic E-state index is 13.7. The van der Waals surface area contributed by atoms with Crippen LogP contribution in [0.1, 0.15) is 106 Å². The minimum Gasteiger partial charge on any atom is -0.404 e. The Morgan fingerprint density at radius 1 is 0.500 bits per heavy atom. The lowest BCUT2D eigenvalue weighted by Crippen LogP contribution is -2.56. The molecule has 6 N–H and O–H groups in total. The summed E-state index contributed by atoms with van der Waals surface area (Å²) in [5.41, 5.74) is 1.67. The standard InChI is InChI=1S/C52H92N6O6S2Si2/c1-49(2,3)67(11,12)63-45(51(7,8)39-53-31-21-27-41-23-17-15-18-24-41)47(61)57-33-29-43(59)55-35-37-65-66-38-36-56-44(60)30-34-58-48(62)46(64-68(13,14)50(4,5)6)52(9,10)40-54-32-22-28-42-25-19-16-20-26-42/h15-20,23-26,45-46,53-54H,21-22,27-40H2,1-14H3,(H,55,59)(H,56,60)(H,57,61)(H,58,62)/t45-,46-/m0/s1. The van der Waals surface area contributed by atoms with E-state index in [0.29, 0.717) is 37.7 Å². The number of aryl methyl sites for hydroxylation is 2. The Morgan fingerprint density at radius 3 is 1.16 bits per heavy atom. The fraction of sp³-hybridized carbons (Fsp3) is 0.692. The zero-order valence-electron chi connectivity index (χ0n) is 44.5. The second kappa shape index (κ2) is 29.6. The van der Waals surface area contributed by atoms with Gasteiger partial charge in [-0.3, -0.25) is 19.2 Å². The van der Waals surface area contributed by atoms with Gasteiger partial charge in [0.05, 0.1) is 0 Å². The molecule has 0 aliphatic rings. The fourth-order valence-electron chi connectivity index (χ4n) is 6.75. The van der Waals surface area contributed by atoms with Crippen LogP contribution in [0.3, 0.4) is 0 Å². The smallest absolute Gasteiger partial charge is 0.248 e. The maximum absolute atomic E-state index is 13.7. The SMILES string of the molecule is CC(C)(CNCCCc1ccccc1)[C@@H](O[Si](C)(C)C(C)(C)C)C(=O)NCCC(=O)NCCSSCCNC(=O)CCNC(=O)[C@H](O[Si](C)(C)C(C)(C)C)C(C)(C)CNCCCc1ccccc1. The van der Waals surface area contributed by atoms with Gasteiger partial charge in [-0.1, -0.05) is 151 Å². The largest absolute Gasteiger partial charge is 0.404 e. The van der Waals surface area contributed by atoms with E-state index in [1.165, 1.54) is 11.1 Å². The molecule has 12 nitrogen and oxygen atoms in total. The monoisotopic (exact) mass is 1020 g/mol. The van der Waals surface area contributed by atoms with E-state index in [4.69, 9.17) is 8.85 Å². The topological polar surface area (TPSA) is 159 Å². The van der Waals surface area contributed by atoms with Crippen LogP contribution in [0.4, 0.5) is 0 Å². The molecule has 2 rings (SSSR count). The number of rotatable bonds is 33. The van der Waals surface area contributed by atoms with Crippen molar-refractivity contribution >= 4 is 61.9 Å². The van der Waals surface area contributed by atoms with Crippen LogP contribution >= 0.6 is 21.6 Å². The molecule has 0 saturated carbocycles. The molecule has 2 aromatic carbocycles. The van der Waals surface area contributed by atoms with Crippen LogP contribution in [-0.2, 0) is 40.9 Å². The average Bonchev–Trinajstić information content (AvgIpc) is 3.25. The van der Waals surface area contributed by atoms with Crippen molar-refractivity contribution in [2.24, 2.45) is 10.8 Å². The van der Waals surface area contributed by atoms with Crippen LogP contribution in [0.25, 0.3) is 0 Å². The van der Waals surface area contributed by atoms with Gasteiger partial charge in [0.25, 0.3) is 0 Å². The van der Waals surface area contributed by atoms with E-state index < -0.39 is 39.7 Å². The minimum atomic E-state index is -2.29. The zero-order chi connectivity index (χ0) is 51.1. The van der Waals surface area contributed by atoms with E-state index in [9.17, 15) is 19.2 Å². The highest BCUT2D eigenvalue weighted by molar-refractivity contribution is 8.76. The minimum absolute atomic E-state index is 0.0689. The third-order valence-corrected chi connectivity index (χ3v) is 24.5. The van der Waals surface area contributed by atoms with Crippen LogP contribution in [-0.4, -0.2) is 116 Å². The third kappa shape index (κ3) is 23.5. The van der Waals surface area contributed by atoms with Crippen molar-refractivity contribution < 1.29 is 28.0 Å². The van der Waals surface area contributed by atoms with Gasteiger partial charge in [-0.05, 0) is 86.2 Å². The van der Waals surface area contributed by atoms with E-state index in [1.807, 2.05) is 12.1 Å². The van der Waals surface area contributed by atoms with Crippen LogP contribution in [0, 0.1) is 10.8 Å². The molecule has 0 radical (unpaired) electrons. The lowest BCUT2D eigenvalue weighted by molar-refractivity contribution is -0.135. The molecule has 0 aliphatic carbocycles. The van der Waals surface area contributed by atoms with Crippen LogP contribution in [0.2, 0.25) is 36.3 Å². The first-order chi connectivity index (χ1) is 31.7. The first-order valence-corrected chi connectivity index (χ1v) is 33.2. The normalized spacial score (nSPS) is 13.7. The van der Waals surface area contributed by atoms with E-state index in [2.05, 4.69) is 176 Å². The summed E-state index contributed by atoms with van der Waals surface area (Å²) in [6.45, 7) is 34.4. The van der Waals surface area contributed by atoms with Crippen LogP contribution in [0.15, 0.2) is 60.7 Å². The molecule has 2 aromatic rings. The summed E-state index contributed by atoms with van der Waals surface area (Å²) >= 11 is 0. The summed E-state index contributed by atoms with van der Waals surface area (Å²) in [5, 5.41) is 18.9. The number of hydrogen-bond donors (Lipinski definition) is 6. The number of benzene rings is 2. The quantitative estimate of drug-likeness (QED) is 0.0232. The van der Waals surface area contributed by atoms with E-state index in [0.717, 1.165) is 38.8 Å². The molecule has 0 fully saturated rings. The Labute approximate surface area is 422 Å². The van der Waals surface area contributed by atoms with Gasteiger partial charge in [0.2, 0.25) is 23.6 Å². The highest BCUT2D eigenvalue weighted by Gasteiger charge is 2.47. The molecule has 68 heavy (non-hydrogen) atoms. The summed E-state index contributed by atoms with van der Waals surface area (Å²) in [6.07, 6.45) is 3.01. The lowest BCUT2D eigenvalue weighted by Gasteiger charge is -2.43. The van der Waals surface area contributed by atoms with E-state index >= 15 is 0 Å². The Morgan fingerprint density at radius 2 is 0.838 bits per heavy atom. The zero-order valence-corrected chi connectivity index (χ0v) is 48.1. The van der Waals surface area contributed by atoms with Gasteiger partial charge in [0, 0.05) is 74.4 Å². The van der Waals surface area contributed by atoms with E-state index in [1.54, 1.807) is 21.6 Å². The number of nitrogens with one attached hydrogen (secondary N) is 6. The Hall–Kier alpha value is -2.71. The molecule has 0 unspecified atom stereocenters. The summed E-state index contributed by atoms with van der Waals surface area (Å²) in [5.74, 6) is 0.797.